The molecule has 2 heteroatoms. The lowest BCUT2D eigenvalue weighted by Crippen LogP contribution is -2.14. The van der Waals surface area contributed by atoms with Crippen LogP contribution in [0.2, 0.25) is 0 Å². The Morgan fingerprint density at radius 1 is 1.38 bits per heavy atom. The smallest absolute Gasteiger partial charge is 0.306 e. The van der Waals surface area contributed by atoms with Gasteiger partial charge in [-0.2, -0.15) is 0 Å². The normalized spacial score (nSPS) is 18.1. The van der Waals surface area contributed by atoms with Gasteiger partial charge in [0.1, 0.15) is 6.10 Å². The van der Waals surface area contributed by atoms with E-state index >= 15 is 0 Å². The van der Waals surface area contributed by atoms with Gasteiger partial charge in [-0.1, -0.05) is 13.8 Å². The summed E-state index contributed by atoms with van der Waals surface area (Å²) in [4.78, 5) is 11.3. The van der Waals surface area contributed by atoms with Crippen LogP contribution < -0.4 is 0 Å². The fourth-order valence-electron chi connectivity index (χ4n) is 1.66. The van der Waals surface area contributed by atoms with Crippen LogP contribution in [0.1, 0.15) is 52.4 Å². The average Bonchev–Trinajstić information content (AvgIpc) is 2.53. The van der Waals surface area contributed by atoms with Gasteiger partial charge in [0, 0.05) is 6.42 Å². The maximum atomic E-state index is 11.3. The fourth-order valence-corrected chi connectivity index (χ4v) is 1.66. The molecule has 0 N–H and O–H groups in total. The lowest BCUT2D eigenvalue weighted by Gasteiger charge is -2.11. The van der Waals surface area contributed by atoms with E-state index in [1.807, 2.05) is 0 Å². The number of esters is 1. The molecule has 0 bridgehead atoms. The summed E-state index contributed by atoms with van der Waals surface area (Å²) >= 11 is 0. The number of ether oxygens (including phenoxy) is 1. The predicted octanol–water partition coefficient (Wildman–Crippen LogP) is 2.91. The molecule has 0 unspecified atom stereocenters. The maximum absolute atomic E-state index is 11.3. The van der Waals surface area contributed by atoms with Gasteiger partial charge in [-0.25, -0.2) is 0 Å². The number of carbonyl (C=O) groups excluding carboxylic acids is 1. The van der Waals surface area contributed by atoms with Crippen molar-refractivity contribution in [2.45, 2.75) is 58.5 Å². The molecule has 1 rings (SSSR count). The zero-order valence-electron chi connectivity index (χ0n) is 8.71. The van der Waals surface area contributed by atoms with Crippen molar-refractivity contribution in [2.75, 3.05) is 0 Å². The van der Waals surface area contributed by atoms with E-state index < -0.39 is 0 Å². The molecule has 0 spiro atoms. The molecule has 1 saturated carbocycles. The number of rotatable bonds is 4. The van der Waals surface area contributed by atoms with Crippen LogP contribution in [0.15, 0.2) is 0 Å². The summed E-state index contributed by atoms with van der Waals surface area (Å²) in [7, 11) is 0. The third-order valence-electron chi connectivity index (χ3n) is 2.53. The van der Waals surface area contributed by atoms with Crippen LogP contribution in [0.3, 0.4) is 0 Å². The van der Waals surface area contributed by atoms with Gasteiger partial charge in [0.15, 0.2) is 0 Å². The highest BCUT2D eigenvalue weighted by molar-refractivity contribution is 5.69. The highest BCUT2D eigenvalue weighted by Crippen LogP contribution is 2.21. The molecular formula is C11H20O2. The Morgan fingerprint density at radius 2 is 2.00 bits per heavy atom. The van der Waals surface area contributed by atoms with Crippen LogP contribution in [0.4, 0.5) is 0 Å². The summed E-state index contributed by atoms with van der Waals surface area (Å²) < 4.78 is 5.32. The van der Waals surface area contributed by atoms with Gasteiger partial charge in [0.05, 0.1) is 0 Å². The van der Waals surface area contributed by atoms with Crippen molar-refractivity contribution < 1.29 is 9.53 Å². The minimum atomic E-state index is 0.000556. The Morgan fingerprint density at radius 3 is 2.54 bits per heavy atom. The van der Waals surface area contributed by atoms with E-state index in [9.17, 15) is 4.79 Å². The van der Waals surface area contributed by atoms with Crippen molar-refractivity contribution in [3.63, 3.8) is 0 Å². The van der Waals surface area contributed by atoms with Crippen LogP contribution in [-0.4, -0.2) is 12.1 Å². The zero-order valence-corrected chi connectivity index (χ0v) is 8.71. The van der Waals surface area contributed by atoms with Crippen LogP contribution in [0.25, 0.3) is 0 Å². The first-order valence-corrected chi connectivity index (χ1v) is 5.38. The largest absolute Gasteiger partial charge is 0.462 e. The highest BCUT2D eigenvalue weighted by Gasteiger charge is 2.18. The zero-order chi connectivity index (χ0) is 9.68. The van der Waals surface area contributed by atoms with E-state index in [-0.39, 0.29) is 12.1 Å². The van der Waals surface area contributed by atoms with E-state index in [1.54, 1.807) is 0 Å². The van der Waals surface area contributed by atoms with Crippen LogP contribution in [0, 0.1) is 5.92 Å². The van der Waals surface area contributed by atoms with Gasteiger partial charge in [0.2, 0.25) is 0 Å². The topological polar surface area (TPSA) is 26.3 Å². The Balaban J connectivity index is 2.09. The van der Waals surface area contributed by atoms with E-state index in [0.29, 0.717) is 12.3 Å². The third kappa shape index (κ3) is 4.30. The van der Waals surface area contributed by atoms with E-state index in [0.717, 1.165) is 19.3 Å². The maximum Gasteiger partial charge on any atom is 0.306 e. The minimum absolute atomic E-state index is 0.000556. The molecule has 76 valence electrons. The van der Waals surface area contributed by atoms with Crippen LogP contribution in [0.5, 0.6) is 0 Å². The molecule has 0 aromatic rings. The summed E-state index contributed by atoms with van der Waals surface area (Å²) in [6.07, 6.45) is 6.38. The van der Waals surface area contributed by atoms with E-state index in [4.69, 9.17) is 4.74 Å². The van der Waals surface area contributed by atoms with Crippen LogP contribution in [-0.2, 0) is 9.53 Å². The molecule has 1 aliphatic carbocycles. The van der Waals surface area contributed by atoms with Crippen molar-refractivity contribution in [1.29, 1.82) is 0 Å². The van der Waals surface area contributed by atoms with Crippen molar-refractivity contribution in [3.8, 4) is 0 Å². The number of carbonyl (C=O) groups is 1. The second-order valence-electron chi connectivity index (χ2n) is 4.33. The number of hydrogen-bond acceptors (Lipinski definition) is 2. The predicted molar refractivity (Wildman–Crippen MR) is 52.4 cm³/mol. The van der Waals surface area contributed by atoms with Gasteiger partial charge in [-0.05, 0) is 38.0 Å². The molecular weight excluding hydrogens is 164 g/mol. The molecule has 0 saturated heterocycles. The van der Waals surface area contributed by atoms with Crippen LogP contribution >= 0.6 is 0 Å². The van der Waals surface area contributed by atoms with Gasteiger partial charge in [-0.15, -0.1) is 0 Å². The van der Waals surface area contributed by atoms with Gasteiger partial charge in [-0.3, -0.25) is 4.79 Å². The Labute approximate surface area is 80.7 Å². The minimum Gasteiger partial charge on any atom is -0.462 e. The first-order valence-electron chi connectivity index (χ1n) is 5.38. The standard InChI is InChI=1S/C11H20O2/c1-9(2)7-8-11(12)13-10-5-3-4-6-10/h9-10H,3-8H2,1-2H3. The lowest BCUT2D eigenvalue weighted by molar-refractivity contribution is -0.149. The first-order chi connectivity index (χ1) is 6.18. The molecule has 0 radical (unpaired) electrons. The SMILES string of the molecule is CC(C)CCC(=O)OC1CCCC1. The van der Waals surface area contributed by atoms with Gasteiger partial charge >= 0.3 is 5.97 Å². The van der Waals surface area contributed by atoms with Crippen molar-refractivity contribution in [3.05, 3.63) is 0 Å². The lowest BCUT2D eigenvalue weighted by atomic mass is 10.1. The second kappa shape index (κ2) is 5.25. The molecule has 1 aliphatic rings. The van der Waals surface area contributed by atoms with Crippen molar-refractivity contribution in [1.82, 2.24) is 0 Å². The summed E-state index contributed by atoms with van der Waals surface area (Å²) in [6, 6.07) is 0. The molecule has 13 heavy (non-hydrogen) atoms. The molecule has 0 aromatic carbocycles. The molecule has 0 amide bonds. The molecule has 0 heterocycles. The monoisotopic (exact) mass is 184 g/mol. The van der Waals surface area contributed by atoms with Gasteiger partial charge < -0.3 is 4.74 Å². The molecule has 2 nitrogen and oxygen atoms in total. The summed E-state index contributed by atoms with van der Waals surface area (Å²) in [5, 5.41) is 0. The average molecular weight is 184 g/mol. The van der Waals surface area contributed by atoms with Gasteiger partial charge in [0.25, 0.3) is 0 Å². The fraction of sp³-hybridized carbons (Fsp3) is 0.909. The molecule has 1 fully saturated rings. The third-order valence-corrected chi connectivity index (χ3v) is 2.53. The summed E-state index contributed by atoms with van der Waals surface area (Å²) in [5.74, 6) is 0.594. The Hall–Kier alpha value is -0.530. The van der Waals surface area contributed by atoms with E-state index in [1.165, 1.54) is 12.8 Å². The Kier molecular flexibility index (Phi) is 4.26. The summed E-state index contributed by atoms with van der Waals surface area (Å²) in [5.41, 5.74) is 0. The summed E-state index contributed by atoms with van der Waals surface area (Å²) in [6.45, 7) is 4.26. The van der Waals surface area contributed by atoms with E-state index in [2.05, 4.69) is 13.8 Å². The molecule has 0 aliphatic heterocycles. The van der Waals surface area contributed by atoms with Crippen molar-refractivity contribution >= 4 is 5.97 Å². The Bertz CT molecular complexity index is 157. The quantitative estimate of drug-likeness (QED) is 0.628. The molecule has 0 aromatic heterocycles. The number of hydrogen-bond donors (Lipinski definition) is 0. The first kappa shape index (κ1) is 10.6. The second-order valence-corrected chi connectivity index (χ2v) is 4.33. The van der Waals surface area contributed by atoms with Crippen molar-refractivity contribution in [2.24, 2.45) is 5.92 Å². The highest BCUT2D eigenvalue weighted by atomic mass is 16.5. The molecule has 0 atom stereocenters.